The second-order valence-corrected chi connectivity index (χ2v) is 5.55. The monoisotopic (exact) mass is 301 g/mol. The first-order valence-electron chi connectivity index (χ1n) is 7.44. The van der Waals surface area contributed by atoms with E-state index in [0.29, 0.717) is 17.8 Å². The first kappa shape index (κ1) is 16.1. The molecule has 3 nitrogen and oxygen atoms in total. The van der Waals surface area contributed by atoms with Crippen LogP contribution in [-0.2, 0) is 6.18 Å². The van der Waals surface area contributed by atoms with Gasteiger partial charge in [-0.05, 0) is 44.4 Å². The van der Waals surface area contributed by atoms with Crippen LogP contribution in [0.15, 0.2) is 18.2 Å². The Hall–Kier alpha value is -1.30. The minimum Gasteiger partial charge on any atom is -0.357 e. The Morgan fingerprint density at radius 1 is 1.33 bits per heavy atom. The molecule has 1 N–H and O–H groups in total. The van der Waals surface area contributed by atoms with Gasteiger partial charge in [-0.2, -0.15) is 13.2 Å². The number of alkyl halides is 3. The zero-order valence-corrected chi connectivity index (χ0v) is 12.5. The lowest BCUT2D eigenvalue weighted by atomic mass is 9.90. The highest BCUT2D eigenvalue weighted by Gasteiger charge is 2.33. The molecule has 2 heterocycles. The van der Waals surface area contributed by atoms with Gasteiger partial charge in [-0.3, -0.25) is 0 Å². The van der Waals surface area contributed by atoms with Crippen molar-refractivity contribution in [2.45, 2.75) is 38.9 Å². The molecule has 0 saturated carbocycles. The van der Waals surface area contributed by atoms with Crippen molar-refractivity contribution in [1.29, 1.82) is 0 Å². The van der Waals surface area contributed by atoms with Crippen LogP contribution in [0, 0.1) is 5.92 Å². The highest BCUT2D eigenvalue weighted by molar-refractivity contribution is 5.40. The second-order valence-electron chi connectivity index (χ2n) is 5.55. The number of aromatic nitrogens is 1. The summed E-state index contributed by atoms with van der Waals surface area (Å²) in [5, 5.41) is 3.42. The Balaban J connectivity index is 1.99. The van der Waals surface area contributed by atoms with Crippen molar-refractivity contribution in [1.82, 2.24) is 10.3 Å². The van der Waals surface area contributed by atoms with Gasteiger partial charge in [0, 0.05) is 19.1 Å². The van der Waals surface area contributed by atoms with Crippen LogP contribution in [0.25, 0.3) is 0 Å². The largest absolute Gasteiger partial charge is 0.433 e. The van der Waals surface area contributed by atoms with Crippen molar-refractivity contribution in [2.24, 2.45) is 5.92 Å². The number of hydrogen-bond donors (Lipinski definition) is 1. The molecule has 1 fully saturated rings. The van der Waals surface area contributed by atoms with E-state index in [1.165, 1.54) is 6.07 Å². The summed E-state index contributed by atoms with van der Waals surface area (Å²) in [6, 6.07) is 4.55. The molecule has 1 aliphatic heterocycles. The fourth-order valence-corrected chi connectivity index (χ4v) is 2.87. The molecule has 0 aliphatic carbocycles. The quantitative estimate of drug-likeness (QED) is 0.925. The van der Waals surface area contributed by atoms with Crippen LogP contribution in [-0.4, -0.2) is 30.7 Å². The molecule has 0 spiro atoms. The Bertz CT molecular complexity index is 454. The third-order valence-corrected chi connectivity index (χ3v) is 4.12. The van der Waals surface area contributed by atoms with E-state index in [0.717, 1.165) is 38.5 Å². The average Bonchev–Trinajstić information content (AvgIpc) is 2.47. The van der Waals surface area contributed by atoms with Gasteiger partial charge in [0.25, 0.3) is 0 Å². The predicted molar refractivity (Wildman–Crippen MR) is 77.3 cm³/mol. The van der Waals surface area contributed by atoms with Crippen LogP contribution < -0.4 is 10.2 Å². The third-order valence-electron chi connectivity index (χ3n) is 4.12. The summed E-state index contributed by atoms with van der Waals surface area (Å²) in [4.78, 5) is 5.71. The number of rotatable bonds is 4. The standard InChI is InChI=1S/C15H22F3N3/c1-3-19-11(2)12-7-9-21(10-8-12)14-6-4-5-13(20-14)15(16,17)18/h4-6,11-12,19H,3,7-10H2,1-2H3. The SMILES string of the molecule is CCNC(C)C1CCN(c2cccc(C(F)(F)F)n2)CC1. The molecular formula is C15H22F3N3. The Kier molecular flexibility index (Phi) is 5.08. The molecule has 118 valence electrons. The maximum Gasteiger partial charge on any atom is 0.433 e. The molecule has 1 unspecified atom stereocenters. The molecule has 21 heavy (non-hydrogen) atoms. The summed E-state index contributed by atoms with van der Waals surface area (Å²) >= 11 is 0. The lowest BCUT2D eigenvalue weighted by Crippen LogP contribution is -2.42. The molecule has 0 aromatic carbocycles. The van der Waals surface area contributed by atoms with Gasteiger partial charge in [0.05, 0.1) is 0 Å². The van der Waals surface area contributed by atoms with Gasteiger partial charge < -0.3 is 10.2 Å². The second kappa shape index (κ2) is 6.64. The van der Waals surface area contributed by atoms with Gasteiger partial charge in [-0.15, -0.1) is 0 Å². The molecule has 1 atom stereocenters. The van der Waals surface area contributed by atoms with Crippen molar-refractivity contribution in [3.05, 3.63) is 23.9 Å². The minimum atomic E-state index is -4.38. The average molecular weight is 301 g/mol. The Labute approximate surface area is 123 Å². The minimum absolute atomic E-state index is 0.430. The first-order chi connectivity index (χ1) is 9.91. The summed E-state index contributed by atoms with van der Waals surface area (Å²) in [6.07, 6.45) is -2.42. The number of nitrogens with zero attached hydrogens (tertiary/aromatic N) is 2. The summed E-state index contributed by atoms with van der Waals surface area (Å²) in [5.41, 5.74) is -0.817. The van der Waals surface area contributed by atoms with Crippen molar-refractivity contribution >= 4 is 5.82 Å². The van der Waals surface area contributed by atoms with Crippen molar-refractivity contribution < 1.29 is 13.2 Å². The van der Waals surface area contributed by atoms with Crippen molar-refractivity contribution in [3.8, 4) is 0 Å². The van der Waals surface area contributed by atoms with Gasteiger partial charge in [0.2, 0.25) is 0 Å². The van der Waals surface area contributed by atoms with E-state index in [1.807, 2.05) is 4.90 Å². The molecule has 1 saturated heterocycles. The summed E-state index contributed by atoms with van der Waals surface area (Å²) in [5.74, 6) is 1.01. The summed E-state index contributed by atoms with van der Waals surface area (Å²) in [6.45, 7) is 6.71. The predicted octanol–water partition coefficient (Wildman–Crippen LogP) is 3.31. The number of hydrogen-bond acceptors (Lipinski definition) is 3. The molecule has 0 bridgehead atoms. The van der Waals surface area contributed by atoms with Crippen LogP contribution in [0.2, 0.25) is 0 Å². The number of pyridine rings is 1. The van der Waals surface area contributed by atoms with E-state index in [2.05, 4.69) is 24.1 Å². The van der Waals surface area contributed by atoms with Gasteiger partial charge in [0.15, 0.2) is 0 Å². The summed E-state index contributed by atoms with van der Waals surface area (Å²) in [7, 11) is 0. The van der Waals surface area contributed by atoms with Crippen LogP contribution in [0.4, 0.5) is 19.0 Å². The fraction of sp³-hybridized carbons (Fsp3) is 0.667. The number of halogens is 3. The van der Waals surface area contributed by atoms with Crippen LogP contribution in [0.3, 0.4) is 0 Å². The molecule has 0 amide bonds. The van der Waals surface area contributed by atoms with Gasteiger partial charge in [-0.1, -0.05) is 13.0 Å². The van der Waals surface area contributed by atoms with Gasteiger partial charge in [-0.25, -0.2) is 4.98 Å². The van der Waals surface area contributed by atoms with E-state index in [1.54, 1.807) is 6.07 Å². The number of piperidine rings is 1. The zero-order chi connectivity index (χ0) is 15.5. The number of anilines is 1. The van der Waals surface area contributed by atoms with Crippen LogP contribution >= 0.6 is 0 Å². The van der Waals surface area contributed by atoms with Gasteiger partial charge in [0.1, 0.15) is 11.5 Å². The number of nitrogens with one attached hydrogen (secondary N) is 1. The van der Waals surface area contributed by atoms with Crippen molar-refractivity contribution in [3.63, 3.8) is 0 Å². The zero-order valence-electron chi connectivity index (χ0n) is 12.5. The van der Waals surface area contributed by atoms with E-state index in [9.17, 15) is 13.2 Å². The third kappa shape index (κ3) is 4.09. The Morgan fingerprint density at radius 2 is 2.00 bits per heavy atom. The lowest BCUT2D eigenvalue weighted by Gasteiger charge is -2.36. The first-order valence-corrected chi connectivity index (χ1v) is 7.44. The van der Waals surface area contributed by atoms with E-state index >= 15 is 0 Å². The summed E-state index contributed by atoms with van der Waals surface area (Å²) < 4.78 is 38.1. The normalized spacial score (nSPS) is 18.8. The lowest BCUT2D eigenvalue weighted by molar-refractivity contribution is -0.141. The topological polar surface area (TPSA) is 28.2 Å². The van der Waals surface area contributed by atoms with Crippen molar-refractivity contribution in [2.75, 3.05) is 24.5 Å². The highest BCUT2D eigenvalue weighted by atomic mass is 19.4. The van der Waals surface area contributed by atoms with Gasteiger partial charge >= 0.3 is 6.18 Å². The van der Waals surface area contributed by atoms with E-state index in [4.69, 9.17) is 0 Å². The molecule has 6 heteroatoms. The Morgan fingerprint density at radius 3 is 2.57 bits per heavy atom. The smallest absolute Gasteiger partial charge is 0.357 e. The fourth-order valence-electron chi connectivity index (χ4n) is 2.87. The molecule has 1 aromatic heterocycles. The molecular weight excluding hydrogens is 279 g/mol. The molecule has 1 aromatic rings. The molecule has 1 aliphatic rings. The van der Waals surface area contributed by atoms with Crippen LogP contribution in [0.5, 0.6) is 0 Å². The van der Waals surface area contributed by atoms with Crippen LogP contribution in [0.1, 0.15) is 32.4 Å². The van der Waals surface area contributed by atoms with E-state index < -0.39 is 11.9 Å². The maximum atomic E-state index is 12.7. The van der Waals surface area contributed by atoms with E-state index in [-0.39, 0.29) is 0 Å². The molecule has 0 radical (unpaired) electrons. The molecule has 2 rings (SSSR count). The highest BCUT2D eigenvalue weighted by Crippen LogP contribution is 2.30. The maximum absolute atomic E-state index is 12.7.